The molecule has 1 N–H and O–H groups in total. The fourth-order valence-electron chi connectivity index (χ4n) is 2.87. The number of sulfonamides is 1. The average molecular weight is 449 g/mol. The molecule has 0 aliphatic heterocycles. The Morgan fingerprint density at radius 1 is 1.00 bits per heavy atom. The van der Waals surface area contributed by atoms with Gasteiger partial charge in [-0.2, -0.15) is 0 Å². The van der Waals surface area contributed by atoms with Crippen molar-refractivity contribution in [2.24, 2.45) is 0 Å². The number of nitrogens with zero attached hydrogens (tertiary/aromatic N) is 1. The van der Waals surface area contributed by atoms with E-state index in [1.54, 1.807) is 22.8 Å². The quantitative estimate of drug-likeness (QED) is 0.481. The van der Waals surface area contributed by atoms with Gasteiger partial charge in [0.1, 0.15) is 5.82 Å². The van der Waals surface area contributed by atoms with Crippen molar-refractivity contribution in [3.05, 3.63) is 92.8 Å². The maximum atomic E-state index is 13.0. The summed E-state index contributed by atoms with van der Waals surface area (Å²) in [5.41, 5.74) is 1.81. The highest BCUT2D eigenvalue weighted by Crippen LogP contribution is 2.24. The van der Waals surface area contributed by atoms with E-state index >= 15 is 0 Å². The van der Waals surface area contributed by atoms with E-state index in [2.05, 4.69) is 4.72 Å². The first kappa shape index (κ1) is 19.6. The average Bonchev–Trinajstić information content (AvgIpc) is 3.00. The van der Waals surface area contributed by atoms with Crippen molar-refractivity contribution >= 4 is 48.9 Å². The molecular formula is C20H14ClFN2O3S2. The highest BCUT2D eigenvalue weighted by atomic mass is 35.5. The topological polar surface area (TPSA) is 68.2 Å². The van der Waals surface area contributed by atoms with Crippen LogP contribution in [0.5, 0.6) is 0 Å². The summed E-state index contributed by atoms with van der Waals surface area (Å²) in [4.78, 5) is 12.3. The molecule has 1 aromatic heterocycles. The number of nitrogens with one attached hydrogen (secondary N) is 1. The second-order valence-electron chi connectivity index (χ2n) is 6.32. The zero-order valence-corrected chi connectivity index (χ0v) is 17.2. The molecule has 1 heterocycles. The van der Waals surface area contributed by atoms with E-state index in [0.29, 0.717) is 21.8 Å². The Morgan fingerprint density at radius 3 is 2.38 bits per heavy atom. The zero-order valence-electron chi connectivity index (χ0n) is 14.8. The molecule has 0 unspecified atom stereocenters. The molecule has 0 saturated carbocycles. The molecule has 4 aromatic rings. The SMILES string of the molecule is O=c1sc2cc(S(=O)(=O)Nc3ccc(F)cc3)ccc2n1Cc1ccc(Cl)cc1. The third kappa shape index (κ3) is 4.19. The molecule has 148 valence electrons. The van der Waals surface area contributed by atoms with Crippen molar-refractivity contribution in [3.63, 3.8) is 0 Å². The molecule has 0 spiro atoms. The molecule has 0 saturated heterocycles. The van der Waals surface area contributed by atoms with Gasteiger partial charge < -0.3 is 0 Å². The summed E-state index contributed by atoms with van der Waals surface area (Å²) in [6.07, 6.45) is 0. The van der Waals surface area contributed by atoms with Gasteiger partial charge in [-0.05, 0) is 60.2 Å². The van der Waals surface area contributed by atoms with Crippen LogP contribution < -0.4 is 9.60 Å². The molecule has 0 radical (unpaired) electrons. The third-order valence-electron chi connectivity index (χ3n) is 4.30. The molecule has 0 fully saturated rings. The molecule has 0 aliphatic carbocycles. The van der Waals surface area contributed by atoms with E-state index in [9.17, 15) is 17.6 Å². The highest BCUT2D eigenvalue weighted by molar-refractivity contribution is 7.92. The minimum absolute atomic E-state index is 0.0224. The van der Waals surface area contributed by atoms with E-state index in [0.717, 1.165) is 16.9 Å². The normalized spacial score (nSPS) is 11.7. The minimum atomic E-state index is -3.88. The third-order valence-corrected chi connectivity index (χ3v) is 6.87. The first-order chi connectivity index (χ1) is 13.8. The Bertz CT molecular complexity index is 1350. The van der Waals surface area contributed by atoms with Crippen molar-refractivity contribution in [2.45, 2.75) is 11.4 Å². The van der Waals surface area contributed by atoms with Crippen LogP contribution >= 0.6 is 22.9 Å². The summed E-state index contributed by atoms with van der Waals surface area (Å²) in [5, 5.41) is 0.611. The molecule has 5 nitrogen and oxygen atoms in total. The predicted molar refractivity (Wildman–Crippen MR) is 114 cm³/mol. The number of rotatable bonds is 5. The van der Waals surface area contributed by atoms with Gasteiger partial charge in [0.05, 0.1) is 21.7 Å². The van der Waals surface area contributed by atoms with Crippen molar-refractivity contribution in [2.75, 3.05) is 4.72 Å². The van der Waals surface area contributed by atoms with Crippen LogP contribution in [0.25, 0.3) is 10.2 Å². The maximum absolute atomic E-state index is 13.0. The number of thiazole rings is 1. The van der Waals surface area contributed by atoms with Gasteiger partial charge >= 0.3 is 4.87 Å². The summed E-state index contributed by atoms with van der Waals surface area (Å²) < 4.78 is 42.9. The van der Waals surface area contributed by atoms with Crippen molar-refractivity contribution < 1.29 is 12.8 Å². The van der Waals surface area contributed by atoms with Crippen molar-refractivity contribution in [1.82, 2.24) is 4.57 Å². The van der Waals surface area contributed by atoms with E-state index in [-0.39, 0.29) is 15.5 Å². The van der Waals surface area contributed by atoms with E-state index in [1.807, 2.05) is 12.1 Å². The van der Waals surface area contributed by atoms with E-state index in [1.165, 1.54) is 36.4 Å². The Hall–Kier alpha value is -2.68. The smallest absolute Gasteiger partial charge is 0.294 e. The van der Waals surface area contributed by atoms with Crippen molar-refractivity contribution in [3.8, 4) is 0 Å². The Balaban J connectivity index is 1.67. The van der Waals surface area contributed by atoms with Gasteiger partial charge in [0, 0.05) is 10.7 Å². The summed E-state index contributed by atoms with van der Waals surface area (Å²) >= 11 is 6.88. The minimum Gasteiger partial charge on any atom is -0.294 e. The molecular weight excluding hydrogens is 435 g/mol. The van der Waals surface area contributed by atoms with E-state index < -0.39 is 15.8 Å². The monoisotopic (exact) mass is 448 g/mol. The van der Waals surface area contributed by atoms with Gasteiger partial charge in [0.2, 0.25) is 0 Å². The van der Waals surface area contributed by atoms with Gasteiger partial charge in [0.25, 0.3) is 10.0 Å². The molecule has 3 aromatic carbocycles. The lowest BCUT2D eigenvalue weighted by molar-refractivity contribution is 0.601. The second-order valence-corrected chi connectivity index (χ2v) is 9.43. The number of anilines is 1. The van der Waals surface area contributed by atoms with Crippen molar-refractivity contribution in [1.29, 1.82) is 0 Å². The van der Waals surface area contributed by atoms with Gasteiger partial charge in [-0.25, -0.2) is 12.8 Å². The molecule has 4 rings (SSSR count). The number of hydrogen-bond donors (Lipinski definition) is 1. The first-order valence-corrected chi connectivity index (χ1v) is 11.2. The molecule has 0 amide bonds. The van der Waals surface area contributed by atoms with Crippen LogP contribution in [-0.4, -0.2) is 13.0 Å². The summed E-state index contributed by atoms with van der Waals surface area (Å²) in [6.45, 7) is 0.357. The standard InChI is InChI=1S/C20H14ClFN2O3S2/c21-14-3-1-13(2-4-14)12-24-18-10-9-17(11-19(18)28-20(24)25)29(26,27)23-16-7-5-15(22)6-8-16/h1-11,23H,12H2. The fraction of sp³-hybridized carbons (Fsp3) is 0.0500. The van der Waals surface area contributed by atoms with Crippen LogP contribution in [0.15, 0.2) is 76.4 Å². The fourth-order valence-corrected chi connectivity index (χ4v) is 5.08. The summed E-state index contributed by atoms with van der Waals surface area (Å²) in [7, 11) is -3.88. The zero-order chi connectivity index (χ0) is 20.6. The second kappa shape index (κ2) is 7.62. The van der Waals surface area contributed by atoms with E-state index in [4.69, 9.17) is 11.6 Å². The highest BCUT2D eigenvalue weighted by Gasteiger charge is 2.17. The lowest BCUT2D eigenvalue weighted by Crippen LogP contribution is -2.14. The molecule has 9 heteroatoms. The number of halogens is 2. The Labute approximate surface area is 175 Å². The van der Waals surface area contributed by atoms with Gasteiger partial charge in [-0.15, -0.1) is 0 Å². The molecule has 29 heavy (non-hydrogen) atoms. The molecule has 0 bridgehead atoms. The van der Waals surface area contributed by atoms with Crippen LogP contribution in [0.2, 0.25) is 5.02 Å². The van der Waals surface area contributed by atoms with Crippen LogP contribution in [0, 0.1) is 5.82 Å². The lowest BCUT2D eigenvalue weighted by Gasteiger charge is -2.09. The molecule has 0 atom stereocenters. The maximum Gasteiger partial charge on any atom is 0.308 e. The Morgan fingerprint density at radius 2 is 1.69 bits per heavy atom. The predicted octanol–water partition coefficient (Wildman–Crippen LogP) is 4.70. The Kier molecular flexibility index (Phi) is 5.16. The van der Waals surface area contributed by atoms with Gasteiger partial charge in [-0.1, -0.05) is 35.1 Å². The van der Waals surface area contributed by atoms with Crippen LogP contribution in [-0.2, 0) is 16.6 Å². The van der Waals surface area contributed by atoms with Crippen LogP contribution in [0.1, 0.15) is 5.56 Å². The van der Waals surface area contributed by atoms with Crippen LogP contribution in [0.3, 0.4) is 0 Å². The molecule has 0 aliphatic rings. The number of aromatic nitrogens is 1. The van der Waals surface area contributed by atoms with Gasteiger partial charge in [-0.3, -0.25) is 14.1 Å². The van der Waals surface area contributed by atoms with Crippen LogP contribution in [0.4, 0.5) is 10.1 Å². The van der Waals surface area contributed by atoms with Gasteiger partial charge in [0.15, 0.2) is 0 Å². The summed E-state index contributed by atoms with van der Waals surface area (Å²) in [5.74, 6) is -0.457. The first-order valence-electron chi connectivity index (χ1n) is 8.48. The number of benzene rings is 3. The summed E-state index contributed by atoms with van der Waals surface area (Å²) in [6, 6.07) is 16.7. The number of hydrogen-bond acceptors (Lipinski definition) is 4. The number of fused-ring (bicyclic) bond motifs is 1. The lowest BCUT2D eigenvalue weighted by atomic mass is 10.2. The largest absolute Gasteiger partial charge is 0.308 e.